The van der Waals surface area contributed by atoms with E-state index < -0.39 is 11.7 Å². The van der Waals surface area contributed by atoms with Gasteiger partial charge in [0.15, 0.2) is 5.69 Å². The van der Waals surface area contributed by atoms with Crippen molar-refractivity contribution in [3.8, 4) is 0 Å². The Bertz CT molecular complexity index is 1150. The van der Waals surface area contributed by atoms with Crippen LogP contribution in [0, 0.1) is 6.92 Å². The summed E-state index contributed by atoms with van der Waals surface area (Å²) in [5.41, 5.74) is 2.64. The topological polar surface area (TPSA) is 79.8 Å². The summed E-state index contributed by atoms with van der Waals surface area (Å²) in [5.74, 6) is -0.159. The molecule has 1 aromatic carbocycles. The van der Waals surface area contributed by atoms with E-state index in [0.29, 0.717) is 62.1 Å². The number of nitrogens with zero attached hydrogens (tertiary/aromatic N) is 4. The van der Waals surface area contributed by atoms with Crippen LogP contribution in [0.2, 0.25) is 0 Å². The zero-order chi connectivity index (χ0) is 26.9. The van der Waals surface area contributed by atoms with Crippen LogP contribution in [0.1, 0.15) is 52.0 Å². The van der Waals surface area contributed by atoms with Crippen LogP contribution in [0.25, 0.3) is 0 Å². The number of carbonyl (C=O) groups excluding carboxylic acids is 1. The summed E-state index contributed by atoms with van der Waals surface area (Å²) in [6.07, 6.45) is 0.427. The van der Waals surface area contributed by atoms with E-state index >= 15 is 0 Å². The Balaban J connectivity index is 1.24. The van der Waals surface area contributed by atoms with Gasteiger partial charge in [-0.1, -0.05) is 6.07 Å². The molecule has 2 saturated heterocycles. The van der Waals surface area contributed by atoms with Crippen molar-refractivity contribution < 1.29 is 27.4 Å². The van der Waals surface area contributed by atoms with Crippen molar-refractivity contribution in [3.05, 3.63) is 52.3 Å². The van der Waals surface area contributed by atoms with E-state index in [0.717, 1.165) is 43.2 Å². The molecule has 8 nitrogen and oxygen atoms in total. The van der Waals surface area contributed by atoms with Crippen LogP contribution in [0.3, 0.4) is 0 Å². The van der Waals surface area contributed by atoms with Gasteiger partial charge in [0.05, 0.1) is 30.2 Å². The number of likely N-dealkylation sites (tertiary alicyclic amines) is 1. The van der Waals surface area contributed by atoms with Crippen molar-refractivity contribution in [1.82, 2.24) is 20.4 Å². The van der Waals surface area contributed by atoms with Gasteiger partial charge >= 0.3 is 6.18 Å². The highest BCUT2D eigenvalue weighted by Crippen LogP contribution is 2.34. The minimum Gasteiger partial charge on any atom is -0.379 e. The molecule has 1 N–H and O–H groups in total. The number of hydrogen-bond donors (Lipinski definition) is 1. The maximum absolute atomic E-state index is 13.4. The molecule has 0 saturated carbocycles. The van der Waals surface area contributed by atoms with Gasteiger partial charge in [-0.2, -0.15) is 18.3 Å². The number of ether oxygens (including phenoxy) is 2. The number of benzene rings is 1. The fourth-order valence-electron chi connectivity index (χ4n) is 5.73. The molecule has 2 fully saturated rings. The highest BCUT2D eigenvalue weighted by Gasteiger charge is 2.33. The summed E-state index contributed by atoms with van der Waals surface area (Å²) in [6.45, 7) is 5.32. The number of rotatable bonds is 5. The van der Waals surface area contributed by atoms with E-state index in [1.807, 2.05) is 16.7 Å². The normalized spacial score (nSPS) is 22.9. The second kappa shape index (κ2) is 11.2. The number of piperidine rings is 1. The summed E-state index contributed by atoms with van der Waals surface area (Å²) in [7, 11) is 1.70. The largest absolute Gasteiger partial charge is 0.416 e. The lowest BCUT2D eigenvalue weighted by Crippen LogP contribution is -2.54. The van der Waals surface area contributed by atoms with E-state index in [2.05, 4.69) is 15.5 Å². The molecule has 0 aliphatic carbocycles. The number of nitrogens with one attached hydrogen (secondary N) is 1. The lowest BCUT2D eigenvalue weighted by Gasteiger charge is -2.38. The molecule has 11 heteroatoms. The minimum atomic E-state index is -4.38. The number of alkyl halides is 3. The third-order valence-corrected chi connectivity index (χ3v) is 8.01. The number of methoxy groups -OCH3 is 1. The number of hydrogen-bond acceptors (Lipinski definition) is 7. The third kappa shape index (κ3) is 5.64. The van der Waals surface area contributed by atoms with Crippen molar-refractivity contribution in [2.75, 3.05) is 44.9 Å². The molecular formula is C27H34F3N5O3. The molecule has 2 atom stereocenters. The van der Waals surface area contributed by atoms with Crippen LogP contribution in [0.4, 0.5) is 18.9 Å². The number of amides is 1. The van der Waals surface area contributed by atoms with Gasteiger partial charge in [0.25, 0.3) is 5.91 Å². The minimum absolute atomic E-state index is 0.0332. The highest BCUT2D eigenvalue weighted by atomic mass is 19.4. The molecule has 0 bridgehead atoms. The first-order chi connectivity index (χ1) is 18.2. The van der Waals surface area contributed by atoms with Crippen molar-refractivity contribution in [2.45, 2.75) is 63.5 Å². The Labute approximate surface area is 220 Å². The molecule has 0 spiro atoms. The standard InChI is InChI=1S/C27H34F3N5O3/c1-17-23(35-9-5-18-3-4-20(27(28,29)30)13-19(18)15-35)14-31-33-25(17)26(36)34-10-6-21(7-11-34)32-22-8-12-38-16-24(22)37-2/h3-4,13-14,21-22,24,32H,5-12,15-16H2,1-2H3/t22-,24+/m0/s1. The monoisotopic (exact) mass is 533 g/mol. The van der Waals surface area contributed by atoms with Gasteiger partial charge in [0, 0.05) is 57.5 Å². The maximum Gasteiger partial charge on any atom is 0.416 e. The van der Waals surface area contributed by atoms with E-state index in [9.17, 15) is 18.0 Å². The third-order valence-electron chi connectivity index (χ3n) is 8.01. The highest BCUT2D eigenvalue weighted by molar-refractivity contribution is 5.95. The van der Waals surface area contributed by atoms with Crippen LogP contribution in [-0.2, 0) is 28.6 Å². The maximum atomic E-state index is 13.4. The Morgan fingerprint density at radius 1 is 1.16 bits per heavy atom. The first-order valence-corrected chi connectivity index (χ1v) is 13.2. The molecule has 38 heavy (non-hydrogen) atoms. The van der Waals surface area contributed by atoms with Crippen LogP contribution >= 0.6 is 0 Å². The Morgan fingerprint density at radius 3 is 2.68 bits per heavy atom. The van der Waals surface area contributed by atoms with Crippen molar-refractivity contribution >= 4 is 11.6 Å². The second-order valence-corrected chi connectivity index (χ2v) is 10.3. The van der Waals surface area contributed by atoms with Crippen LogP contribution in [-0.4, -0.2) is 79.1 Å². The lowest BCUT2D eigenvalue weighted by molar-refractivity contribution is -0.137. The molecule has 4 heterocycles. The summed E-state index contributed by atoms with van der Waals surface area (Å²) < 4.78 is 50.8. The van der Waals surface area contributed by atoms with Gasteiger partial charge in [0.1, 0.15) is 0 Å². The average Bonchev–Trinajstić information content (AvgIpc) is 2.92. The van der Waals surface area contributed by atoms with Crippen LogP contribution in [0.5, 0.6) is 0 Å². The molecular weight excluding hydrogens is 499 g/mol. The van der Waals surface area contributed by atoms with Crippen LogP contribution < -0.4 is 10.2 Å². The van der Waals surface area contributed by atoms with E-state index in [-0.39, 0.29) is 18.1 Å². The molecule has 2 aromatic rings. The Kier molecular flexibility index (Phi) is 7.88. The van der Waals surface area contributed by atoms with E-state index in [1.54, 1.807) is 19.4 Å². The number of anilines is 1. The smallest absolute Gasteiger partial charge is 0.379 e. The Morgan fingerprint density at radius 2 is 1.95 bits per heavy atom. The van der Waals surface area contributed by atoms with E-state index in [4.69, 9.17) is 9.47 Å². The SMILES string of the molecule is CO[C@@H]1COCC[C@@H]1NC1CCN(C(=O)c2nncc(N3CCc4ccc(C(F)(F)F)cc4C3)c2C)CC1. The summed E-state index contributed by atoms with van der Waals surface area (Å²) >= 11 is 0. The number of halogens is 3. The van der Waals surface area contributed by atoms with E-state index in [1.165, 1.54) is 6.07 Å². The summed E-state index contributed by atoms with van der Waals surface area (Å²) in [4.78, 5) is 17.2. The van der Waals surface area contributed by atoms with Gasteiger partial charge in [-0.3, -0.25) is 4.79 Å². The Hall–Kier alpha value is -2.76. The molecule has 1 aromatic heterocycles. The van der Waals surface area contributed by atoms with Crippen molar-refractivity contribution in [1.29, 1.82) is 0 Å². The predicted octanol–water partition coefficient (Wildman–Crippen LogP) is 3.36. The van der Waals surface area contributed by atoms with Crippen molar-refractivity contribution in [2.24, 2.45) is 0 Å². The van der Waals surface area contributed by atoms with Gasteiger partial charge in [-0.15, -0.1) is 5.10 Å². The molecule has 0 unspecified atom stereocenters. The fourth-order valence-corrected chi connectivity index (χ4v) is 5.73. The summed E-state index contributed by atoms with van der Waals surface area (Å²) in [5, 5.41) is 12.0. The van der Waals surface area contributed by atoms with Gasteiger partial charge < -0.3 is 24.6 Å². The van der Waals surface area contributed by atoms with Gasteiger partial charge in [-0.05, 0) is 55.9 Å². The summed E-state index contributed by atoms with van der Waals surface area (Å²) in [6, 6.07) is 4.48. The predicted molar refractivity (Wildman–Crippen MR) is 135 cm³/mol. The average molecular weight is 534 g/mol. The number of fused-ring (bicyclic) bond motifs is 1. The second-order valence-electron chi connectivity index (χ2n) is 10.3. The lowest BCUT2D eigenvalue weighted by atomic mass is 9.96. The first kappa shape index (κ1) is 26.8. The zero-order valence-electron chi connectivity index (χ0n) is 21.8. The fraction of sp³-hybridized carbons (Fsp3) is 0.593. The number of aromatic nitrogens is 2. The molecule has 206 valence electrons. The van der Waals surface area contributed by atoms with Crippen LogP contribution in [0.15, 0.2) is 24.4 Å². The molecule has 3 aliphatic heterocycles. The number of carbonyl (C=O) groups is 1. The molecule has 5 rings (SSSR count). The van der Waals surface area contributed by atoms with Gasteiger partial charge in [0.2, 0.25) is 0 Å². The first-order valence-electron chi connectivity index (χ1n) is 13.2. The van der Waals surface area contributed by atoms with Crippen molar-refractivity contribution in [3.63, 3.8) is 0 Å². The zero-order valence-corrected chi connectivity index (χ0v) is 21.8. The quantitative estimate of drug-likeness (QED) is 0.632. The van der Waals surface area contributed by atoms with Gasteiger partial charge in [-0.25, -0.2) is 0 Å². The molecule has 3 aliphatic rings. The molecule has 1 amide bonds. The molecule has 0 radical (unpaired) electrons.